The number of halogens is 1. The molecule has 0 aliphatic rings. The molecule has 0 saturated carbocycles. The number of benzene rings is 1. The van der Waals surface area contributed by atoms with Crippen molar-refractivity contribution >= 4 is 23.0 Å². The van der Waals surface area contributed by atoms with Crippen LogP contribution in [0.15, 0.2) is 35.3 Å². The van der Waals surface area contributed by atoms with Gasteiger partial charge in [0.05, 0.1) is 11.9 Å². The fourth-order valence-corrected chi connectivity index (χ4v) is 1.89. The van der Waals surface area contributed by atoms with Crippen molar-refractivity contribution in [3.8, 4) is 0 Å². The van der Waals surface area contributed by atoms with Crippen LogP contribution >= 0.6 is 11.6 Å². The zero-order chi connectivity index (χ0) is 13.8. The average molecular weight is 279 g/mol. The lowest BCUT2D eigenvalue weighted by molar-refractivity contribution is 0.709. The third-order valence-electron chi connectivity index (χ3n) is 2.74. The van der Waals surface area contributed by atoms with E-state index in [1.165, 1.54) is 16.4 Å². The molecule has 0 aliphatic heterocycles. The van der Waals surface area contributed by atoms with Crippen LogP contribution in [0.25, 0.3) is 0 Å². The van der Waals surface area contributed by atoms with Crippen LogP contribution in [0.3, 0.4) is 0 Å². The van der Waals surface area contributed by atoms with Gasteiger partial charge in [-0.3, -0.25) is 4.79 Å². The van der Waals surface area contributed by atoms with E-state index in [0.29, 0.717) is 12.2 Å². The van der Waals surface area contributed by atoms with Gasteiger partial charge in [0.15, 0.2) is 0 Å². The summed E-state index contributed by atoms with van der Waals surface area (Å²) in [6, 6.07) is 7.80. The van der Waals surface area contributed by atoms with Crippen LogP contribution in [0.1, 0.15) is 5.56 Å². The molecule has 1 heterocycles. The highest BCUT2D eigenvalue weighted by molar-refractivity contribution is 6.33. The Balaban J connectivity index is 2.22. The first-order valence-electron chi connectivity index (χ1n) is 5.89. The van der Waals surface area contributed by atoms with E-state index in [1.807, 2.05) is 24.3 Å². The molecule has 0 saturated heterocycles. The molecule has 0 radical (unpaired) electrons. The van der Waals surface area contributed by atoms with Crippen molar-refractivity contribution in [1.29, 1.82) is 0 Å². The average Bonchev–Trinajstić information content (AvgIpc) is 2.42. The number of hydrogen-bond donors (Lipinski definition) is 2. The fourth-order valence-electron chi connectivity index (χ4n) is 1.67. The van der Waals surface area contributed by atoms with Gasteiger partial charge in [-0.15, -0.1) is 0 Å². The minimum Gasteiger partial charge on any atom is -0.353 e. The number of aromatic nitrogens is 2. The molecule has 1 aromatic heterocycles. The summed E-state index contributed by atoms with van der Waals surface area (Å²) in [5.74, 6) is 0. The second-order valence-corrected chi connectivity index (χ2v) is 4.54. The van der Waals surface area contributed by atoms with Gasteiger partial charge in [-0.05, 0) is 30.7 Å². The van der Waals surface area contributed by atoms with E-state index in [-0.39, 0.29) is 10.6 Å². The molecule has 0 unspecified atom stereocenters. The second kappa shape index (κ2) is 5.86. The first-order chi connectivity index (χ1) is 9.11. The van der Waals surface area contributed by atoms with Crippen molar-refractivity contribution in [3.63, 3.8) is 0 Å². The van der Waals surface area contributed by atoms with E-state index in [4.69, 9.17) is 17.3 Å². The highest BCUT2D eigenvalue weighted by Gasteiger charge is 2.07. The number of anilines is 2. The maximum atomic E-state index is 11.6. The number of nitrogens with one attached hydrogen (secondary N) is 1. The molecule has 100 valence electrons. The molecule has 3 N–H and O–H groups in total. The van der Waals surface area contributed by atoms with Gasteiger partial charge in [-0.1, -0.05) is 23.7 Å². The van der Waals surface area contributed by atoms with Crippen molar-refractivity contribution in [2.24, 2.45) is 12.8 Å². The molecule has 0 amide bonds. The Morgan fingerprint density at radius 2 is 2.05 bits per heavy atom. The smallest absolute Gasteiger partial charge is 0.287 e. The highest BCUT2D eigenvalue weighted by atomic mass is 35.5. The summed E-state index contributed by atoms with van der Waals surface area (Å²) < 4.78 is 1.19. The van der Waals surface area contributed by atoms with E-state index in [2.05, 4.69) is 10.4 Å². The van der Waals surface area contributed by atoms with Crippen molar-refractivity contribution < 1.29 is 0 Å². The van der Waals surface area contributed by atoms with Crippen LogP contribution in [0.5, 0.6) is 0 Å². The monoisotopic (exact) mass is 278 g/mol. The van der Waals surface area contributed by atoms with Gasteiger partial charge >= 0.3 is 0 Å². The number of nitrogens with two attached hydrogens (primary N) is 1. The van der Waals surface area contributed by atoms with Crippen LogP contribution in [-0.4, -0.2) is 16.3 Å². The summed E-state index contributed by atoms with van der Waals surface area (Å²) in [6.45, 7) is 0.622. The Bertz CT molecular complexity index is 622. The normalized spacial score (nSPS) is 10.5. The van der Waals surface area contributed by atoms with E-state index in [9.17, 15) is 4.79 Å². The van der Waals surface area contributed by atoms with Crippen LogP contribution in [0.4, 0.5) is 11.4 Å². The molecule has 0 aliphatic carbocycles. The Hall–Kier alpha value is -1.85. The molecule has 19 heavy (non-hydrogen) atoms. The first kappa shape index (κ1) is 13.6. The maximum Gasteiger partial charge on any atom is 0.287 e. The predicted octanol–water partition coefficient (Wildman–Crippen LogP) is 1.68. The predicted molar refractivity (Wildman–Crippen MR) is 77.0 cm³/mol. The number of hydrogen-bond acceptors (Lipinski definition) is 4. The topological polar surface area (TPSA) is 72.9 Å². The molecule has 0 bridgehead atoms. The van der Waals surface area contributed by atoms with E-state index < -0.39 is 0 Å². The molecule has 1 aromatic carbocycles. The Labute approximate surface area is 116 Å². The molecule has 5 nitrogen and oxygen atoms in total. The lowest BCUT2D eigenvalue weighted by Crippen LogP contribution is -2.20. The maximum absolute atomic E-state index is 11.6. The van der Waals surface area contributed by atoms with Gasteiger partial charge in [-0.25, -0.2) is 4.68 Å². The molecular weight excluding hydrogens is 264 g/mol. The van der Waals surface area contributed by atoms with Crippen LogP contribution in [0.2, 0.25) is 5.02 Å². The van der Waals surface area contributed by atoms with Crippen LogP contribution in [0, 0.1) is 0 Å². The van der Waals surface area contributed by atoms with Crippen molar-refractivity contribution in [1.82, 2.24) is 9.78 Å². The molecule has 6 heteroatoms. The van der Waals surface area contributed by atoms with Gasteiger partial charge in [0.1, 0.15) is 5.02 Å². The van der Waals surface area contributed by atoms with E-state index in [1.54, 1.807) is 7.05 Å². The van der Waals surface area contributed by atoms with Gasteiger partial charge in [-0.2, -0.15) is 5.10 Å². The van der Waals surface area contributed by atoms with Gasteiger partial charge in [0.25, 0.3) is 5.56 Å². The minimum atomic E-state index is -0.327. The first-order valence-corrected chi connectivity index (χ1v) is 6.27. The minimum absolute atomic E-state index is 0.128. The molecular formula is C13H15ClN4O. The Morgan fingerprint density at radius 3 is 2.68 bits per heavy atom. The van der Waals surface area contributed by atoms with E-state index >= 15 is 0 Å². The summed E-state index contributed by atoms with van der Waals surface area (Å²) in [5.41, 5.74) is 7.68. The van der Waals surface area contributed by atoms with Crippen molar-refractivity contribution in [3.05, 3.63) is 51.4 Å². The number of nitrogens with zero attached hydrogens (tertiary/aromatic N) is 2. The standard InChI is InChI=1S/C13H15ClN4O/c1-18-13(19)12(14)11(8-16-18)17-10-4-2-9(3-5-10)6-7-15/h2-5,8,17H,6-7,15H2,1H3. The molecule has 2 aromatic rings. The van der Waals surface area contributed by atoms with Gasteiger partial charge < -0.3 is 11.1 Å². The third kappa shape index (κ3) is 3.13. The zero-order valence-corrected chi connectivity index (χ0v) is 11.3. The zero-order valence-electron chi connectivity index (χ0n) is 10.6. The number of rotatable bonds is 4. The largest absolute Gasteiger partial charge is 0.353 e. The van der Waals surface area contributed by atoms with Crippen LogP contribution < -0.4 is 16.6 Å². The summed E-state index contributed by atoms with van der Waals surface area (Å²) in [4.78, 5) is 11.6. The SMILES string of the molecule is Cn1ncc(Nc2ccc(CCN)cc2)c(Cl)c1=O. The lowest BCUT2D eigenvalue weighted by Gasteiger charge is -2.09. The highest BCUT2D eigenvalue weighted by Crippen LogP contribution is 2.21. The van der Waals surface area contributed by atoms with Crippen molar-refractivity contribution in [2.75, 3.05) is 11.9 Å². The fraction of sp³-hybridized carbons (Fsp3) is 0.231. The van der Waals surface area contributed by atoms with Gasteiger partial charge in [0.2, 0.25) is 0 Å². The van der Waals surface area contributed by atoms with Crippen molar-refractivity contribution in [2.45, 2.75) is 6.42 Å². The lowest BCUT2D eigenvalue weighted by atomic mass is 10.1. The molecule has 0 atom stereocenters. The van der Waals surface area contributed by atoms with E-state index in [0.717, 1.165) is 12.1 Å². The summed E-state index contributed by atoms with van der Waals surface area (Å²) >= 11 is 5.98. The Morgan fingerprint density at radius 1 is 1.37 bits per heavy atom. The quantitative estimate of drug-likeness (QED) is 0.892. The molecule has 0 spiro atoms. The van der Waals surface area contributed by atoms with Gasteiger partial charge in [0, 0.05) is 12.7 Å². The summed E-state index contributed by atoms with van der Waals surface area (Å²) in [7, 11) is 1.56. The number of aryl methyl sites for hydroxylation is 1. The summed E-state index contributed by atoms with van der Waals surface area (Å²) in [5, 5.41) is 7.12. The third-order valence-corrected chi connectivity index (χ3v) is 3.11. The summed E-state index contributed by atoms with van der Waals surface area (Å²) in [6.07, 6.45) is 2.37. The Kier molecular flexibility index (Phi) is 4.19. The molecule has 2 rings (SSSR count). The second-order valence-electron chi connectivity index (χ2n) is 4.16. The molecule has 0 fully saturated rings. The van der Waals surface area contributed by atoms with Crippen LogP contribution in [-0.2, 0) is 13.5 Å².